The van der Waals surface area contributed by atoms with Crippen LogP contribution in [0.2, 0.25) is 0 Å². The zero-order valence-electron chi connectivity index (χ0n) is 14.3. The number of pyridine rings is 1. The molecule has 0 unspecified atom stereocenters. The van der Waals surface area contributed by atoms with E-state index in [4.69, 9.17) is 9.47 Å². The highest BCUT2D eigenvalue weighted by atomic mass is 32.2. The third-order valence-corrected chi connectivity index (χ3v) is 5.86. The molecule has 0 aliphatic rings. The number of nitrogens with zero attached hydrogens (tertiary/aromatic N) is 1. The molecule has 26 heavy (non-hydrogen) atoms. The molecule has 3 aromatic rings. The average molecular weight is 390 g/mol. The topological polar surface area (TPSA) is 77.5 Å². The lowest BCUT2D eigenvalue weighted by Gasteiger charge is -2.11. The molecule has 2 aromatic heterocycles. The van der Waals surface area contributed by atoms with Crippen LogP contribution in [0.1, 0.15) is 5.56 Å². The lowest BCUT2D eigenvalue weighted by Crippen LogP contribution is -2.23. The van der Waals surface area contributed by atoms with Crippen LogP contribution in [-0.2, 0) is 16.6 Å². The van der Waals surface area contributed by atoms with Gasteiger partial charge in [-0.2, -0.15) is 11.3 Å². The monoisotopic (exact) mass is 390 g/mol. The first-order chi connectivity index (χ1) is 12.5. The first-order valence-electron chi connectivity index (χ1n) is 7.72. The second-order valence-corrected chi connectivity index (χ2v) is 7.95. The van der Waals surface area contributed by atoms with Gasteiger partial charge in [0.25, 0.3) is 0 Å². The van der Waals surface area contributed by atoms with Crippen molar-refractivity contribution in [1.82, 2.24) is 9.71 Å². The van der Waals surface area contributed by atoms with Crippen molar-refractivity contribution in [2.45, 2.75) is 11.4 Å². The SMILES string of the molecule is COc1ccc(S(=O)(=O)NCc2ccnc(-c3ccsc3)c2)cc1OC. The summed E-state index contributed by atoms with van der Waals surface area (Å²) in [5.41, 5.74) is 2.65. The first kappa shape index (κ1) is 18.4. The highest BCUT2D eigenvalue weighted by molar-refractivity contribution is 7.89. The Labute approximate surface area is 156 Å². The molecule has 0 aliphatic heterocycles. The van der Waals surface area contributed by atoms with Crippen LogP contribution in [0.15, 0.2) is 58.3 Å². The normalized spacial score (nSPS) is 11.3. The van der Waals surface area contributed by atoms with Crippen LogP contribution < -0.4 is 14.2 Å². The maximum Gasteiger partial charge on any atom is 0.241 e. The fourth-order valence-corrected chi connectivity index (χ4v) is 4.08. The van der Waals surface area contributed by atoms with Crippen molar-refractivity contribution in [3.8, 4) is 22.8 Å². The van der Waals surface area contributed by atoms with E-state index in [9.17, 15) is 8.42 Å². The summed E-state index contributed by atoms with van der Waals surface area (Å²) in [7, 11) is -0.725. The minimum Gasteiger partial charge on any atom is -0.493 e. The van der Waals surface area contributed by atoms with Gasteiger partial charge in [-0.05, 0) is 41.3 Å². The van der Waals surface area contributed by atoms with Crippen LogP contribution >= 0.6 is 11.3 Å². The summed E-state index contributed by atoms with van der Waals surface area (Å²) < 4.78 is 38.0. The minimum absolute atomic E-state index is 0.113. The van der Waals surface area contributed by atoms with E-state index in [1.807, 2.05) is 22.9 Å². The van der Waals surface area contributed by atoms with Gasteiger partial charge >= 0.3 is 0 Å². The number of ether oxygens (including phenoxy) is 2. The van der Waals surface area contributed by atoms with E-state index in [1.165, 1.54) is 26.4 Å². The van der Waals surface area contributed by atoms with Gasteiger partial charge in [0.15, 0.2) is 11.5 Å². The van der Waals surface area contributed by atoms with Gasteiger partial charge in [0.1, 0.15) is 0 Å². The summed E-state index contributed by atoms with van der Waals surface area (Å²) in [5, 5.41) is 3.98. The molecule has 0 radical (unpaired) electrons. The van der Waals surface area contributed by atoms with Gasteiger partial charge in [-0.25, -0.2) is 13.1 Å². The number of thiophene rings is 1. The maximum absolute atomic E-state index is 12.6. The molecule has 0 saturated carbocycles. The number of hydrogen-bond donors (Lipinski definition) is 1. The number of methoxy groups -OCH3 is 2. The first-order valence-corrected chi connectivity index (χ1v) is 10.2. The Morgan fingerprint density at radius 2 is 1.88 bits per heavy atom. The van der Waals surface area contributed by atoms with Crippen LogP contribution in [0.3, 0.4) is 0 Å². The predicted molar refractivity (Wildman–Crippen MR) is 101 cm³/mol. The number of rotatable bonds is 7. The molecule has 1 aromatic carbocycles. The molecule has 1 N–H and O–H groups in total. The predicted octanol–water partition coefficient (Wildman–Crippen LogP) is 3.31. The molecule has 0 saturated heterocycles. The summed E-state index contributed by atoms with van der Waals surface area (Å²) >= 11 is 1.59. The molecule has 8 heteroatoms. The van der Waals surface area contributed by atoms with Gasteiger partial charge in [0, 0.05) is 29.8 Å². The van der Waals surface area contributed by atoms with E-state index >= 15 is 0 Å². The van der Waals surface area contributed by atoms with E-state index < -0.39 is 10.0 Å². The standard InChI is InChI=1S/C18H18N2O4S2/c1-23-17-4-3-15(10-18(17)24-2)26(21,22)20-11-13-5-7-19-16(9-13)14-6-8-25-12-14/h3-10,12,20H,11H2,1-2H3. The highest BCUT2D eigenvalue weighted by Crippen LogP contribution is 2.29. The Balaban J connectivity index is 1.78. The van der Waals surface area contributed by atoms with Crippen molar-refractivity contribution in [2.24, 2.45) is 0 Å². The molecular formula is C18H18N2O4S2. The molecule has 0 fully saturated rings. The van der Waals surface area contributed by atoms with Crippen molar-refractivity contribution in [2.75, 3.05) is 14.2 Å². The van der Waals surface area contributed by atoms with Crippen LogP contribution in [-0.4, -0.2) is 27.6 Å². The quantitative estimate of drug-likeness (QED) is 0.670. The fraction of sp³-hybridized carbons (Fsp3) is 0.167. The van der Waals surface area contributed by atoms with Gasteiger partial charge in [0.05, 0.1) is 24.8 Å². The molecule has 6 nitrogen and oxygen atoms in total. The highest BCUT2D eigenvalue weighted by Gasteiger charge is 2.17. The smallest absolute Gasteiger partial charge is 0.241 e. The second kappa shape index (κ2) is 7.86. The Hall–Kier alpha value is -2.42. The van der Waals surface area contributed by atoms with Gasteiger partial charge < -0.3 is 9.47 Å². The molecule has 3 rings (SSSR count). The number of hydrogen-bond acceptors (Lipinski definition) is 6. The molecular weight excluding hydrogens is 372 g/mol. The molecule has 0 amide bonds. The lowest BCUT2D eigenvalue weighted by molar-refractivity contribution is 0.354. The van der Waals surface area contributed by atoms with Crippen molar-refractivity contribution >= 4 is 21.4 Å². The molecule has 0 aliphatic carbocycles. The zero-order chi connectivity index (χ0) is 18.6. The van der Waals surface area contributed by atoms with E-state index in [-0.39, 0.29) is 11.4 Å². The van der Waals surface area contributed by atoms with Crippen molar-refractivity contribution in [1.29, 1.82) is 0 Å². The summed E-state index contributed by atoms with van der Waals surface area (Å²) in [6.07, 6.45) is 1.67. The number of benzene rings is 1. The van der Waals surface area contributed by atoms with E-state index in [1.54, 1.807) is 29.7 Å². The van der Waals surface area contributed by atoms with E-state index in [2.05, 4.69) is 9.71 Å². The summed E-state index contributed by atoms with van der Waals surface area (Å²) in [4.78, 5) is 4.44. The number of sulfonamides is 1. The minimum atomic E-state index is -3.69. The summed E-state index contributed by atoms with van der Waals surface area (Å²) in [6, 6.07) is 10.1. The molecule has 0 spiro atoms. The summed E-state index contributed by atoms with van der Waals surface area (Å²) in [5.74, 6) is 0.833. The molecule has 0 bridgehead atoms. The largest absolute Gasteiger partial charge is 0.493 e. The van der Waals surface area contributed by atoms with Gasteiger partial charge in [0.2, 0.25) is 10.0 Å². The Morgan fingerprint density at radius 3 is 2.58 bits per heavy atom. The van der Waals surface area contributed by atoms with Crippen molar-refractivity contribution in [3.63, 3.8) is 0 Å². The lowest BCUT2D eigenvalue weighted by atomic mass is 10.1. The van der Waals surface area contributed by atoms with Crippen LogP contribution in [0.5, 0.6) is 11.5 Å². The van der Waals surface area contributed by atoms with Crippen molar-refractivity contribution < 1.29 is 17.9 Å². The van der Waals surface area contributed by atoms with Gasteiger partial charge in [-0.3, -0.25) is 4.98 Å². The Bertz CT molecular complexity index is 986. The van der Waals surface area contributed by atoms with Crippen molar-refractivity contribution in [3.05, 3.63) is 58.9 Å². The zero-order valence-corrected chi connectivity index (χ0v) is 15.9. The van der Waals surface area contributed by atoms with Gasteiger partial charge in [-0.1, -0.05) is 0 Å². The molecule has 2 heterocycles. The summed E-state index contributed by atoms with van der Waals surface area (Å²) in [6.45, 7) is 0.163. The third-order valence-electron chi connectivity index (χ3n) is 3.77. The van der Waals surface area contributed by atoms with E-state index in [0.29, 0.717) is 11.5 Å². The Morgan fingerprint density at radius 1 is 1.08 bits per heavy atom. The van der Waals surface area contributed by atoms with E-state index in [0.717, 1.165) is 16.8 Å². The van der Waals surface area contributed by atoms with Crippen LogP contribution in [0.25, 0.3) is 11.3 Å². The Kier molecular flexibility index (Phi) is 5.55. The third kappa shape index (κ3) is 4.04. The van der Waals surface area contributed by atoms with Gasteiger partial charge in [-0.15, -0.1) is 0 Å². The number of nitrogens with one attached hydrogen (secondary N) is 1. The number of aromatic nitrogens is 1. The molecule has 136 valence electrons. The molecule has 0 atom stereocenters. The van der Waals surface area contributed by atoms with Crippen LogP contribution in [0, 0.1) is 0 Å². The maximum atomic E-state index is 12.6. The second-order valence-electron chi connectivity index (χ2n) is 5.40. The average Bonchev–Trinajstić information content (AvgIpc) is 3.21. The van der Waals surface area contributed by atoms with Crippen LogP contribution in [0.4, 0.5) is 0 Å². The fourth-order valence-electron chi connectivity index (χ4n) is 2.40.